The average molecular weight is 306 g/mol. The van der Waals surface area contributed by atoms with Gasteiger partial charge in [-0.1, -0.05) is 0 Å². The van der Waals surface area contributed by atoms with Crippen LogP contribution >= 0.6 is 0 Å². The molecule has 0 aromatic heterocycles. The van der Waals surface area contributed by atoms with Gasteiger partial charge in [-0.3, -0.25) is 0 Å². The number of rotatable bonds is 2. The summed E-state index contributed by atoms with van der Waals surface area (Å²) in [5, 5.41) is -0.575. The van der Waals surface area contributed by atoms with Gasteiger partial charge in [0.2, 0.25) is 10.0 Å². The van der Waals surface area contributed by atoms with E-state index in [1.807, 2.05) is 0 Å². The van der Waals surface area contributed by atoms with Crippen molar-refractivity contribution in [1.29, 1.82) is 0 Å². The molecule has 1 amide bonds. The fourth-order valence-electron chi connectivity index (χ4n) is 1.98. The Kier molecular flexibility index (Phi) is 4.76. The highest BCUT2D eigenvalue weighted by atomic mass is 32.2. The van der Waals surface area contributed by atoms with E-state index in [-0.39, 0.29) is 6.54 Å². The van der Waals surface area contributed by atoms with Crippen molar-refractivity contribution in [2.24, 2.45) is 0 Å². The summed E-state index contributed by atoms with van der Waals surface area (Å²) < 4.78 is 32.3. The van der Waals surface area contributed by atoms with Crippen LogP contribution < -0.4 is 4.72 Å². The molecule has 0 aliphatic carbocycles. The van der Waals surface area contributed by atoms with Crippen molar-refractivity contribution in [2.45, 2.75) is 64.4 Å². The average Bonchev–Trinajstić information content (AvgIpc) is 2.58. The number of amides is 1. The third kappa shape index (κ3) is 5.28. The third-order valence-corrected chi connectivity index (χ3v) is 4.84. The molecule has 6 nitrogen and oxygen atoms in total. The molecule has 1 aliphatic rings. The Morgan fingerprint density at radius 3 is 2.20 bits per heavy atom. The smallest absolute Gasteiger partial charge is 0.410 e. The van der Waals surface area contributed by atoms with E-state index in [9.17, 15) is 13.2 Å². The Balaban J connectivity index is 2.66. The zero-order valence-electron chi connectivity index (χ0n) is 13.2. The van der Waals surface area contributed by atoms with Gasteiger partial charge in [-0.05, 0) is 48.0 Å². The molecule has 0 radical (unpaired) electrons. The Labute approximate surface area is 121 Å². The second-order valence-electron chi connectivity index (χ2n) is 7.23. The summed E-state index contributed by atoms with van der Waals surface area (Å²) in [4.78, 5) is 13.4. The van der Waals surface area contributed by atoms with Crippen LogP contribution in [-0.2, 0) is 14.8 Å². The molecular formula is C13H26N2O4S. The minimum absolute atomic E-state index is 0.181. The molecule has 7 heteroatoms. The van der Waals surface area contributed by atoms with Crippen LogP contribution in [-0.4, -0.2) is 48.9 Å². The van der Waals surface area contributed by atoms with E-state index in [0.717, 1.165) is 0 Å². The van der Waals surface area contributed by atoms with Crippen LogP contribution in [0.15, 0.2) is 0 Å². The monoisotopic (exact) mass is 306 g/mol. The number of likely N-dealkylation sites (tertiary alicyclic amines) is 1. The molecule has 1 heterocycles. The summed E-state index contributed by atoms with van der Waals surface area (Å²) in [5.74, 6) is 0. The summed E-state index contributed by atoms with van der Waals surface area (Å²) in [6.45, 7) is 11.3. The van der Waals surface area contributed by atoms with Gasteiger partial charge in [-0.25, -0.2) is 17.9 Å². The van der Waals surface area contributed by atoms with Gasteiger partial charge < -0.3 is 9.64 Å². The quantitative estimate of drug-likeness (QED) is 0.842. The van der Waals surface area contributed by atoms with Gasteiger partial charge in [0.05, 0.1) is 5.25 Å². The highest BCUT2D eigenvalue weighted by Crippen LogP contribution is 2.20. The fourth-order valence-corrected chi connectivity index (χ4v) is 3.80. The maximum Gasteiger partial charge on any atom is 0.410 e. The van der Waals surface area contributed by atoms with Crippen LogP contribution in [0.2, 0.25) is 0 Å². The SMILES string of the molecule is CC(C)(C)NS(=O)(=O)[C@H]1CCN(C(=O)OC(C)(C)C)C1. The first-order valence-corrected chi connectivity index (χ1v) is 8.35. The third-order valence-electron chi connectivity index (χ3n) is 2.68. The molecular weight excluding hydrogens is 280 g/mol. The van der Waals surface area contributed by atoms with E-state index in [1.165, 1.54) is 4.90 Å². The number of sulfonamides is 1. The molecule has 118 valence electrons. The van der Waals surface area contributed by atoms with Crippen LogP contribution in [0.25, 0.3) is 0 Å². The van der Waals surface area contributed by atoms with E-state index in [2.05, 4.69) is 4.72 Å². The number of ether oxygens (including phenoxy) is 1. The molecule has 1 atom stereocenters. The number of carbonyl (C=O) groups excluding carboxylic acids is 1. The van der Waals surface area contributed by atoms with Crippen molar-refractivity contribution in [3.05, 3.63) is 0 Å². The summed E-state index contributed by atoms with van der Waals surface area (Å²) in [5.41, 5.74) is -1.09. The standard InChI is InChI=1S/C13H26N2O4S/c1-12(2,3)14-20(17,18)10-7-8-15(9-10)11(16)19-13(4,5)6/h10,14H,7-9H2,1-6H3/t10-/m0/s1. The molecule has 0 unspecified atom stereocenters. The van der Waals surface area contributed by atoms with Gasteiger partial charge in [0.1, 0.15) is 5.60 Å². The summed E-state index contributed by atoms with van der Waals surface area (Å²) in [7, 11) is -3.43. The number of hydrogen-bond acceptors (Lipinski definition) is 4. The Bertz CT molecular complexity index is 460. The number of carbonyl (C=O) groups is 1. The first-order valence-electron chi connectivity index (χ1n) is 6.81. The highest BCUT2D eigenvalue weighted by Gasteiger charge is 2.38. The van der Waals surface area contributed by atoms with Crippen molar-refractivity contribution in [1.82, 2.24) is 9.62 Å². The van der Waals surface area contributed by atoms with Gasteiger partial charge >= 0.3 is 6.09 Å². The molecule has 0 aromatic rings. The number of hydrogen-bond donors (Lipinski definition) is 1. The number of nitrogens with zero attached hydrogens (tertiary/aromatic N) is 1. The molecule has 0 spiro atoms. The van der Waals surface area contributed by atoms with Crippen LogP contribution in [0, 0.1) is 0 Å². The van der Waals surface area contributed by atoms with Gasteiger partial charge in [-0.2, -0.15) is 0 Å². The molecule has 0 saturated carbocycles. The Morgan fingerprint density at radius 2 is 1.75 bits per heavy atom. The van der Waals surface area contributed by atoms with Crippen LogP contribution in [0.1, 0.15) is 48.0 Å². The second kappa shape index (κ2) is 5.52. The Morgan fingerprint density at radius 1 is 1.20 bits per heavy atom. The summed E-state index contributed by atoms with van der Waals surface area (Å²) in [6, 6.07) is 0. The molecule has 20 heavy (non-hydrogen) atoms. The van der Waals surface area contributed by atoms with Crippen LogP contribution in [0.4, 0.5) is 4.79 Å². The Hall–Kier alpha value is -0.820. The minimum atomic E-state index is -3.43. The normalized spacial score (nSPS) is 21.1. The van der Waals surface area contributed by atoms with E-state index < -0.39 is 32.5 Å². The molecule has 1 aliphatic heterocycles. The predicted molar refractivity (Wildman–Crippen MR) is 78.0 cm³/mol. The minimum Gasteiger partial charge on any atom is -0.444 e. The zero-order chi connectivity index (χ0) is 15.8. The van der Waals surface area contributed by atoms with Crippen molar-refractivity contribution < 1.29 is 17.9 Å². The van der Waals surface area contributed by atoms with Gasteiger partial charge in [0.25, 0.3) is 0 Å². The number of nitrogens with one attached hydrogen (secondary N) is 1. The predicted octanol–water partition coefficient (Wildman–Crippen LogP) is 1.71. The molecule has 1 rings (SSSR count). The van der Waals surface area contributed by atoms with Gasteiger partial charge in [0, 0.05) is 18.6 Å². The van der Waals surface area contributed by atoms with E-state index in [4.69, 9.17) is 4.74 Å². The molecule has 1 N–H and O–H groups in total. The zero-order valence-corrected chi connectivity index (χ0v) is 14.0. The largest absolute Gasteiger partial charge is 0.444 e. The second-order valence-corrected chi connectivity index (χ2v) is 9.19. The molecule has 1 saturated heterocycles. The summed E-state index contributed by atoms with van der Waals surface area (Å²) in [6.07, 6.45) is -0.0176. The van der Waals surface area contributed by atoms with Gasteiger partial charge in [0.15, 0.2) is 0 Å². The lowest BCUT2D eigenvalue weighted by atomic mass is 10.1. The fraction of sp³-hybridized carbons (Fsp3) is 0.923. The van der Waals surface area contributed by atoms with Crippen molar-refractivity contribution in [3.8, 4) is 0 Å². The lowest BCUT2D eigenvalue weighted by Gasteiger charge is -2.25. The maximum atomic E-state index is 12.2. The van der Waals surface area contributed by atoms with Crippen LogP contribution in [0.5, 0.6) is 0 Å². The molecule has 0 aromatic carbocycles. The molecule has 1 fully saturated rings. The van der Waals surface area contributed by atoms with Crippen LogP contribution in [0.3, 0.4) is 0 Å². The van der Waals surface area contributed by atoms with E-state index in [0.29, 0.717) is 13.0 Å². The van der Waals surface area contributed by atoms with E-state index >= 15 is 0 Å². The highest BCUT2D eigenvalue weighted by molar-refractivity contribution is 7.90. The summed E-state index contributed by atoms with van der Waals surface area (Å²) >= 11 is 0. The first kappa shape index (κ1) is 17.2. The van der Waals surface area contributed by atoms with Crippen molar-refractivity contribution >= 4 is 16.1 Å². The first-order chi connectivity index (χ1) is 8.80. The van der Waals surface area contributed by atoms with Gasteiger partial charge in [-0.15, -0.1) is 0 Å². The lowest BCUT2D eigenvalue weighted by Crippen LogP contribution is -2.46. The van der Waals surface area contributed by atoms with Crippen molar-refractivity contribution in [3.63, 3.8) is 0 Å². The lowest BCUT2D eigenvalue weighted by molar-refractivity contribution is 0.0295. The topological polar surface area (TPSA) is 75.7 Å². The van der Waals surface area contributed by atoms with E-state index in [1.54, 1.807) is 41.5 Å². The molecule has 0 bridgehead atoms. The van der Waals surface area contributed by atoms with Crippen molar-refractivity contribution in [2.75, 3.05) is 13.1 Å². The maximum absolute atomic E-state index is 12.2.